The lowest BCUT2D eigenvalue weighted by molar-refractivity contribution is -0.124. The van der Waals surface area contributed by atoms with Crippen molar-refractivity contribution in [3.8, 4) is 6.07 Å². The molecular formula is C14H16N2O3. The molecule has 0 fully saturated rings. The van der Waals surface area contributed by atoms with Gasteiger partial charge in [-0.2, -0.15) is 5.26 Å². The van der Waals surface area contributed by atoms with Crippen LogP contribution >= 0.6 is 0 Å². The molecule has 1 aromatic carbocycles. The van der Waals surface area contributed by atoms with Crippen LogP contribution in [0.15, 0.2) is 24.3 Å². The first-order chi connectivity index (χ1) is 9.06. The summed E-state index contributed by atoms with van der Waals surface area (Å²) < 4.78 is 4.87. The molecule has 1 rings (SSSR count). The van der Waals surface area contributed by atoms with Crippen LogP contribution in [0, 0.1) is 11.3 Å². The van der Waals surface area contributed by atoms with E-state index < -0.39 is 5.97 Å². The van der Waals surface area contributed by atoms with Gasteiger partial charge < -0.3 is 10.1 Å². The van der Waals surface area contributed by atoms with Crippen molar-refractivity contribution < 1.29 is 14.3 Å². The highest BCUT2D eigenvalue weighted by atomic mass is 16.5. The maximum atomic E-state index is 11.7. The fourth-order valence-corrected chi connectivity index (χ4v) is 1.35. The van der Waals surface area contributed by atoms with E-state index in [9.17, 15) is 9.59 Å². The average Bonchev–Trinajstić information content (AvgIpc) is 2.44. The highest BCUT2D eigenvalue weighted by molar-refractivity contribution is 5.91. The van der Waals surface area contributed by atoms with Crippen LogP contribution < -0.4 is 5.32 Å². The number of rotatable bonds is 5. The fourth-order valence-electron chi connectivity index (χ4n) is 1.35. The zero-order valence-electron chi connectivity index (χ0n) is 11.0. The molecule has 0 bridgehead atoms. The van der Waals surface area contributed by atoms with Gasteiger partial charge in [0, 0.05) is 6.04 Å². The summed E-state index contributed by atoms with van der Waals surface area (Å²) in [5, 5.41) is 11.4. The highest BCUT2D eigenvalue weighted by Crippen LogP contribution is 2.05. The summed E-state index contributed by atoms with van der Waals surface area (Å²) in [5.74, 6) is -0.949. The number of nitriles is 1. The molecule has 0 aliphatic heterocycles. The van der Waals surface area contributed by atoms with Crippen molar-refractivity contribution in [1.82, 2.24) is 5.32 Å². The normalized spacial score (nSPS) is 11.2. The van der Waals surface area contributed by atoms with Gasteiger partial charge in [-0.3, -0.25) is 4.79 Å². The van der Waals surface area contributed by atoms with Crippen molar-refractivity contribution in [2.45, 2.75) is 26.3 Å². The number of ether oxygens (including phenoxy) is 1. The maximum absolute atomic E-state index is 11.7. The van der Waals surface area contributed by atoms with Crippen LogP contribution in [0.1, 0.15) is 36.2 Å². The van der Waals surface area contributed by atoms with Gasteiger partial charge in [-0.25, -0.2) is 4.79 Å². The molecule has 5 heteroatoms. The smallest absolute Gasteiger partial charge is 0.338 e. The Hall–Kier alpha value is -2.35. The summed E-state index contributed by atoms with van der Waals surface area (Å²) in [6.45, 7) is 3.50. The van der Waals surface area contributed by atoms with Gasteiger partial charge in [0.2, 0.25) is 0 Å². The van der Waals surface area contributed by atoms with E-state index in [1.54, 1.807) is 12.1 Å². The number of amides is 1. The Kier molecular flexibility index (Phi) is 5.55. The van der Waals surface area contributed by atoms with E-state index in [4.69, 9.17) is 10.00 Å². The molecule has 1 unspecified atom stereocenters. The zero-order valence-corrected chi connectivity index (χ0v) is 11.0. The van der Waals surface area contributed by atoms with Gasteiger partial charge >= 0.3 is 5.97 Å². The first-order valence-electron chi connectivity index (χ1n) is 6.03. The van der Waals surface area contributed by atoms with E-state index >= 15 is 0 Å². The second kappa shape index (κ2) is 7.17. The average molecular weight is 260 g/mol. The van der Waals surface area contributed by atoms with Crippen LogP contribution in [-0.2, 0) is 9.53 Å². The molecule has 0 saturated heterocycles. The van der Waals surface area contributed by atoms with Crippen LogP contribution in [0.2, 0.25) is 0 Å². The maximum Gasteiger partial charge on any atom is 0.338 e. The first kappa shape index (κ1) is 14.7. The topological polar surface area (TPSA) is 79.2 Å². The van der Waals surface area contributed by atoms with Crippen molar-refractivity contribution in [1.29, 1.82) is 5.26 Å². The number of nitrogens with zero attached hydrogens (tertiary/aromatic N) is 1. The quantitative estimate of drug-likeness (QED) is 0.816. The Labute approximate surface area is 112 Å². The second-order valence-electron chi connectivity index (χ2n) is 4.15. The monoisotopic (exact) mass is 260 g/mol. The van der Waals surface area contributed by atoms with E-state index in [0.29, 0.717) is 5.56 Å². The van der Waals surface area contributed by atoms with Crippen LogP contribution in [0.4, 0.5) is 0 Å². The lowest BCUT2D eigenvalue weighted by atomic mass is 10.1. The minimum Gasteiger partial charge on any atom is -0.452 e. The molecule has 19 heavy (non-hydrogen) atoms. The number of carbonyl (C=O) groups excluding carboxylic acids is 2. The molecule has 0 aliphatic rings. The minimum atomic E-state index is -0.614. The van der Waals surface area contributed by atoms with Crippen LogP contribution in [0.25, 0.3) is 0 Å². The number of carbonyl (C=O) groups is 2. The molecule has 100 valence electrons. The van der Waals surface area contributed by atoms with E-state index in [1.807, 2.05) is 19.9 Å². The first-order valence-corrected chi connectivity index (χ1v) is 6.03. The van der Waals surface area contributed by atoms with E-state index in [2.05, 4.69) is 5.32 Å². The Morgan fingerprint density at radius 3 is 2.84 bits per heavy atom. The molecule has 0 heterocycles. The SMILES string of the molecule is CCC(C)NC(=O)COC(=O)c1cccc(C#N)c1. The van der Waals surface area contributed by atoms with E-state index in [0.717, 1.165) is 6.42 Å². The molecule has 1 amide bonds. The zero-order chi connectivity index (χ0) is 14.3. The summed E-state index contributed by atoms with van der Waals surface area (Å²) in [5.41, 5.74) is 0.633. The number of nitrogens with one attached hydrogen (secondary N) is 1. The van der Waals surface area contributed by atoms with Gasteiger partial charge in [-0.15, -0.1) is 0 Å². The standard InChI is InChI=1S/C14H16N2O3/c1-3-10(2)16-13(17)9-19-14(18)12-6-4-5-11(7-12)8-15/h4-7,10H,3,9H2,1-2H3,(H,16,17). The third-order valence-electron chi connectivity index (χ3n) is 2.58. The summed E-state index contributed by atoms with van der Waals surface area (Å²) in [4.78, 5) is 23.1. The molecule has 1 atom stereocenters. The fraction of sp³-hybridized carbons (Fsp3) is 0.357. The molecule has 0 aromatic heterocycles. The van der Waals surface area contributed by atoms with Gasteiger partial charge in [0.05, 0.1) is 17.2 Å². The molecule has 1 N–H and O–H groups in total. The molecule has 0 aliphatic carbocycles. The largest absolute Gasteiger partial charge is 0.452 e. The number of benzene rings is 1. The number of hydrogen-bond acceptors (Lipinski definition) is 4. The lowest BCUT2D eigenvalue weighted by Gasteiger charge is -2.11. The molecule has 1 aromatic rings. The van der Waals surface area contributed by atoms with E-state index in [-0.39, 0.29) is 24.1 Å². The van der Waals surface area contributed by atoms with Crippen molar-refractivity contribution >= 4 is 11.9 Å². The molecule has 0 saturated carbocycles. The van der Waals surface area contributed by atoms with Crippen molar-refractivity contribution in [2.75, 3.05) is 6.61 Å². The van der Waals surface area contributed by atoms with Gasteiger partial charge in [-0.05, 0) is 31.5 Å². The Morgan fingerprint density at radius 1 is 1.47 bits per heavy atom. The summed E-state index contributed by atoms with van der Waals surface area (Å²) >= 11 is 0. The second-order valence-corrected chi connectivity index (χ2v) is 4.15. The van der Waals surface area contributed by atoms with Gasteiger partial charge in [0.25, 0.3) is 5.91 Å². The summed E-state index contributed by atoms with van der Waals surface area (Å²) in [6, 6.07) is 8.13. The van der Waals surface area contributed by atoms with Gasteiger partial charge in [0.1, 0.15) is 0 Å². The molecule has 0 radical (unpaired) electrons. The van der Waals surface area contributed by atoms with Crippen molar-refractivity contribution in [3.05, 3.63) is 35.4 Å². The van der Waals surface area contributed by atoms with Gasteiger partial charge in [-0.1, -0.05) is 13.0 Å². The molecular weight excluding hydrogens is 244 g/mol. The summed E-state index contributed by atoms with van der Waals surface area (Å²) in [6.07, 6.45) is 0.809. The van der Waals surface area contributed by atoms with Crippen LogP contribution in [0.5, 0.6) is 0 Å². The molecule has 5 nitrogen and oxygen atoms in total. The lowest BCUT2D eigenvalue weighted by Crippen LogP contribution is -2.35. The number of esters is 1. The Bertz CT molecular complexity index is 506. The van der Waals surface area contributed by atoms with Crippen LogP contribution in [0.3, 0.4) is 0 Å². The highest BCUT2D eigenvalue weighted by Gasteiger charge is 2.11. The van der Waals surface area contributed by atoms with Crippen molar-refractivity contribution in [2.24, 2.45) is 0 Å². The van der Waals surface area contributed by atoms with E-state index in [1.165, 1.54) is 12.1 Å². The Balaban J connectivity index is 2.51. The predicted molar refractivity (Wildman–Crippen MR) is 69.3 cm³/mol. The minimum absolute atomic E-state index is 0.0492. The predicted octanol–water partition coefficient (Wildman–Crippen LogP) is 1.63. The van der Waals surface area contributed by atoms with Crippen LogP contribution in [-0.4, -0.2) is 24.5 Å². The van der Waals surface area contributed by atoms with Crippen molar-refractivity contribution in [3.63, 3.8) is 0 Å². The van der Waals surface area contributed by atoms with Gasteiger partial charge in [0.15, 0.2) is 6.61 Å². The number of hydrogen-bond donors (Lipinski definition) is 1. The Morgan fingerprint density at radius 2 is 2.21 bits per heavy atom. The third-order valence-corrected chi connectivity index (χ3v) is 2.58. The summed E-state index contributed by atoms with van der Waals surface area (Å²) in [7, 11) is 0. The molecule has 0 spiro atoms. The third kappa shape index (κ3) is 4.80.